The van der Waals surface area contributed by atoms with Crippen LogP contribution in [-0.2, 0) is 0 Å². The zero-order valence-corrected chi connectivity index (χ0v) is 14.8. The summed E-state index contributed by atoms with van der Waals surface area (Å²) in [5.74, 6) is -0.718. The number of aromatic nitrogens is 2. The molecule has 0 bridgehead atoms. The molecule has 1 saturated heterocycles. The number of nitrogens with zero attached hydrogens (tertiary/aromatic N) is 4. The van der Waals surface area contributed by atoms with Gasteiger partial charge in [-0.25, -0.2) is 18.2 Å². The molecule has 0 N–H and O–H groups in total. The standard InChI is InChI=1S/C19H13F3N4S/c20-11-1-2-14(22)13(7-11)16-8-12(21)9-26(16)18-4-3-15-19(25-18)17(27-10-23)5-6-24-15/h1-7,12,16H,8-9H2/t12-,16+/m0/s1. The van der Waals surface area contributed by atoms with E-state index < -0.39 is 23.8 Å². The number of hydrogen-bond acceptors (Lipinski definition) is 5. The molecule has 0 amide bonds. The summed E-state index contributed by atoms with van der Waals surface area (Å²) in [7, 11) is 0. The molecular weight excluding hydrogens is 373 g/mol. The fourth-order valence-electron chi connectivity index (χ4n) is 3.39. The maximum Gasteiger partial charge on any atom is 0.138 e. The van der Waals surface area contributed by atoms with Gasteiger partial charge < -0.3 is 4.90 Å². The van der Waals surface area contributed by atoms with Crippen LogP contribution >= 0.6 is 11.8 Å². The van der Waals surface area contributed by atoms with E-state index in [1.165, 1.54) is 0 Å². The normalized spacial score (nSPS) is 19.4. The first kappa shape index (κ1) is 17.6. The lowest BCUT2D eigenvalue weighted by Gasteiger charge is -2.26. The molecule has 0 aliphatic carbocycles. The molecule has 2 aromatic heterocycles. The summed E-state index contributed by atoms with van der Waals surface area (Å²) >= 11 is 0.959. The van der Waals surface area contributed by atoms with Crippen molar-refractivity contribution in [2.24, 2.45) is 0 Å². The molecule has 1 aromatic carbocycles. The van der Waals surface area contributed by atoms with Crippen molar-refractivity contribution in [2.75, 3.05) is 11.4 Å². The van der Waals surface area contributed by atoms with Crippen molar-refractivity contribution in [2.45, 2.75) is 23.5 Å². The highest BCUT2D eigenvalue weighted by molar-refractivity contribution is 8.04. The van der Waals surface area contributed by atoms with E-state index in [4.69, 9.17) is 5.26 Å². The molecule has 2 atom stereocenters. The van der Waals surface area contributed by atoms with Gasteiger partial charge in [0.15, 0.2) is 0 Å². The molecule has 4 rings (SSSR count). The topological polar surface area (TPSA) is 52.8 Å². The number of alkyl halides is 1. The summed E-state index contributed by atoms with van der Waals surface area (Å²) in [5.41, 5.74) is 1.22. The van der Waals surface area contributed by atoms with E-state index in [0.29, 0.717) is 21.7 Å². The monoisotopic (exact) mass is 386 g/mol. The van der Waals surface area contributed by atoms with Crippen molar-refractivity contribution in [1.82, 2.24) is 9.97 Å². The maximum absolute atomic E-state index is 14.3. The Morgan fingerprint density at radius 3 is 2.85 bits per heavy atom. The molecule has 0 unspecified atom stereocenters. The van der Waals surface area contributed by atoms with Crippen molar-refractivity contribution >= 4 is 28.6 Å². The Labute approximate surface area is 157 Å². The summed E-state index contributed by atoms with van der Waals surface area (Å²) in [6.45, 7) is 0.0279. The van der Waals surface area contributed by atoms with Gasteiger partial charge in [0.05, 0.1) is 23.0 Å². The minimum Gasteiger partial charge on any atom is -0.346 e. The van der Waals surface area contributed by atoms with Crippen LogP contribution in [-0.4, -0.2) is 22.7 Å². The SMILES string of the molecule is N#CSc1ccnc2ccc(N3C[C@@H](F)C[C@@H]3c3cc(F)ccc3F)nc12. The van der Waals surface area contributed by atoms with E-state index in [2.05, 4.69) is 9.97 Å². The number of fused-ring (bicyclic) bond motifs is 1. The Hall–Kier alpha value is -2.79. The highest BCUT2D eigenvalue weighted by Gasteiger charge is 2.36. The number of hydrogen-bond donors (Lipinski definition) is 0. The smallest absolute Gasteiger partial charge is 0.138 e. The van der Waals surface area contributed by atoms with Crippen molar-refractivity contribution in [3.05, 3.63) is 59.8 Å². The number of benzene rings is 1. The third kappa shape index (κ3) is 3.30. The van der Waals surface area contributed by atoms with Gasteiger partial charge in [-0.2, -0.15) is 5.26 Å². The van der Waals surface area contributed by atoms with Gasteiger partial charge in [-0.05, 0) is 48.2 Å². The van der Waals surface area contributed by atoms with E-state index in [0.717, 1.165) is 30.0 Å². The van der Waals surface area contributed by atoms with E-state index in [1.54, 1.807) is 29.3 Å². The zero-order chi connectivity index (χ0) is 19.0. The fraction of sp³-hybridized carbons (Fsp3) is 0.211. The average molecular weight is 386 g/mol. The molecule has 1 fully saturated rings. The van der Waals surface area contributed by atoms with Gasteiger partial charge in [0.2, 0.25) is 0 Å². The van der Waals surface area contributed by atoms with Crippen molar-refractivity contribution in [3.63, 3.8) is 0 Å². The van der Waals surface area contributed by atoms with Gasteiger partial charge >= 0.3 is 0 Å². The third-order valence-corrected chi connectivity index (χ3v) is 5.19. The molecule has 4 nitrogen and oxygen atoms in total. The molecule has 3 aromatic rings. The quantitative estimate of drug-likeness (QED) is 0.479. The van der Waals surface area contributed by atoms with Crippen molar-refractivity contribution in [1.29, 1.82) is 5.26 Å². The summed E-state index contributed by atoms with van der Waals surface area (Å²) in [4.78, 5) is 11.0. The number of thioether (sulfide) groups is 1. The van der Waals surface area contributed by atoms with Gasteiger partial charge in [-0.3, -0.25) is 4.98 Å². The van der Waals surface area contributed by atoms with E-state index >= 15 is 0 Å². The second-order valence-electron chi connectivity index (χ2n) is 6.21. The van der Waals surface area contributed by atoms with Crippen LogP contribution in [0, 0.1) is 22.3 Å². The first-order chi connectivity index (χ1) is 13.1. The minimum absolute atomic E-state index is 0.0279. The Morgan fingerprint density at radius 1 is 1.19 bits per heavy atom. The van der Waals surface area contributed by atoms with Crippen LogP contribution in [0.2, 0.25) is 0 Å². The minimum atomic E-state index is -1.18. The molecule has 1 aliphatic heterocycles. The summed E-state index contributed by atoms with van der Waals surface area (Å²) in [6.07, 6.45) is 0.450. The molecule has 8 heteroatoms. The summed E-state index contributed by atoms with van der Waals surface area (Å²) < 4.78 is 42.1. The first-order valence-corrected chi connectivity index (χ1v) is 9.06. The van der Waals surface area contributed by atoms with Gasteiger partial charge in [-0.15, -0.1) is 0 Å². The summed E-state index contributed by atoms with van der Waals surface area (Å²) in [5, 5.41) is 11.0. The number of nitriles is 1. The van der Waals surface area contributed by atoms with Gasteiger partial charge in [0, 0.05) is 18.2 Å². The molecule has 1 aliphatic rings. The third-order valence-electron chi connectivity index (χ3n) is 4.55. The number of halogens is 3. The number of rotatable bonds is 3. The lowest BCUT2D eigenvalue weighted by Crippen LogP contribution is -2.25. The van der Waals surface area contributed by atoms with Crippen LogP contribution in [0.4, 0.5) is 19.0 Å². The molecule has 136 valence electrons. The van der Waals surface area contributed by atoms with E-state index in [-0.39, 0.29) is 18.5 Å². The molecule has 27 heavy (non-hydrogen) atoms. The second-order valence-corrected chi connectivity index (χ2v) is 7.03. The van der Waals surface area contributed by atoms with Crippen LogP contribution in [0.15, 0.2) is 47.5 Å². The van der Waals surface area contributed by atoms with Gasteiger partial charge in [-0.1, -0.05) is 0 Å². The lowest BCUT2D eigenvalue weighted by molar-refractivity contribution is 0.355. The van der Waals surface area contributed by atoms with Crippen molar-refractivity contribution in [3.8, 4) is 5.40 Å². The van der Waals surface area contributed by atoms with Crippen LogP contribution in [0.1, 0.15) is 18.0 Å². The van der Waals surface area contributed by atoms with Crippen LogP contribution in [0.3, 0.4) is 0 Å². The lowest BCUT2D eigenvalue weighted by atomic mass is 10.0. The van der Waals surface area contributed by atoms with E-state index in [9.17, 15) is 13.2 Å². The Bertz CT molecular complexity index is 1050. The average Bonchev–Trinajstić information content (AvgIpc) is 3.05. The van der Waals surface area contributed by atoms with Crippen LogP contribution in [0.25, 0.3) is 11.0 Å². The molecule has 0 spiro atoms. The second kappa shape index (κ2) is 7.08. The van der Waals surface area contributed by atoms with E-state index in [1.807, 2.05) is 5.40 Å². The van der Waals surface area contributed by atoms with Gasteiger partial charge in [0.1, 0.15) is 34.5 Å². The highest BCUT2D eigenvalue weighted by atomic mass is 32.2. The first-order valence-electron chi connectivity index (χ1n) is 8.24. The number of pyridine rings is 2. The van der Waals surface area contributed by atoms with Crippen LogP contribution < -0.4 is 4.90 Å². The molecule has 0 saturated carbocycles. The largest absolute Gasteiger partial charge is 0.346 e. The van der Waals surface area contributed by atoms with Crippen molar-refractivity contribution < 1.29 is 13.2 Å². The predicted molar refractivity (Wildman–Crippen MR) is 97.0 cm³/mol. The van der Waals surface area contributed by atoms with Gasteiger partial charge in [0.25, 0.3) is 0 Å². The Morgan fingerprint density at radius 2 is 2.04 bits per heavy atom. The van der Waals surface area contributed by atoms with Crippen LogP contribution in [0.5, 0.6) is 0 Å². The molecule has 3 heterocycles. The molecule has 0 radical (unpaired) electrons. The zero-order valence-electron chi connectivity index (χ0n) is 13.9. The maximum atomic E-state index is 14.3. The Kier molecular flexibility index (Phi) is 4.62. The molecular formula is C19H13F3N4S. The Balaban J connectivity index is 1.80. The summed E-state index contributed by atoms with van der Waals surface area (Å²) in [6, 6.07) is 7.61. The highest BCUT2D eigenvalue weighted by Crippen LogP contribution is 2.39. The number of anilines is 1. The predicted octanol–water partition coefficient (Wildman–Crippen LogP) is 4.77. The number of thiocyanates is 1. The fourth-order valence-corrected chi connectivity index (χ4v) is 3.86.